The number of nitriles is 1. The number of benzene rings is 1. The van der Waals surface area contributed by atoms with Crippen molar-refractivity contribution in [2.75, 3.05) is 37.8 Å². The van der Waals surface area contributed by atoms with Gasteiger partial charge in [-0.1, -0.05) is 6.92 Å². The summed E-state index contributed by atoms with van der Waals surface area (Å²) in [7, 11) is 4.22. The lowest BCUT2D eigenvalue weighted by atomic mass is 10.1. The number of likely N-dealkylation sites (N-methyl/N-ethyl adjacent to an activating group) is 1. The van der Waals surface area contributed by atoms with Crippen molar-refractivity contribution in [1.29, 1.82) is 5.26 Å². The number of hydrogen-bond acceptors (Lipinski definition) is 4. The van der Waals surface area contributed by atoms with E-state index in [1.807, 2.05) is 12.1 Å². The van der Waals surface area contributed by atoms with Gasteiger partial charge in [-0.15, -0.1) is 0 Å². The Morgan fingerprint density at radius 1 is 1.39 bits per heavy atom. The smallest absolute Gasteiger partial charge is 0.0992 e. The van der Waals surface area contributed by atoms with Gasteiger partial charge in [-0.25, -0.2) is 0 Å². The fourth-order valence-electron chi connectivity index (χ4n) is 2.71. The highest BCUT2D eigenvalue weighted by atomic mass is 15.2. The first kappa shape index (κ1) is 12.7. The SMILES string of the molecule is CC1CN(c2cc(C#N)ccc2N)CC1N(C)C. The molecule has 1 aromatic rings. The van der Waals surface area contributed by atoms with Crippen molar-refractivity contribution in [3.05, 3.63) is 23.8 Å². The van der Waals surface area contributed by atoms with Crippen molar-refractivity contribution in [2.45, 2.75) is 13.0 Å². The lowest BCUT2D eigenvalue weighted by Crippen LogP contribution is -2.34. The number of nitrogens with zero attached hydrogens (tertiary/aromatic N) is 3. The fraction of sp³-hybridized carbons (Fsp3) is 0.500. The number of nitrogen functional groups attached to an aromatic ring is 1. The third-order valence-corrected chi connectivity index (χ3v) is 3.74. The molecule has 0 spiro atoms. The minimum Gasteiger partial charge on any atom is -0.397 e. The molecule has 2 N–H and O–H groups in total. The van der Waals surface area contributed by atoms with Gasteiger partial charge in [0.15, 0.2) is 0 Å². The highest BCUT2D eigenvalue weighted by Crippen LogP contribution is 2.30. The molecule has 2 unspecified atom stereocenters. The van der Waals surface area contributed by atoms with Crippen molar-refractivity contribution < 1.29 is 0 Å². The van der Waals surface area contributed by atoms with Crippen LogP contribution in [0.1, 0.15) is 12.5 Å². The van der Waals surface area contributed by atoms with Crippen LogP contribution < -0.4 is 10.6 Å². The molecule has 2 rings (SSSR count). The number of rotatable bonds is 2. The second-order valence-electron chi connectivity index (χ2n) is 5.30. The first-order chi connectivity index (χ1) is 8.52. The monoisotopic (exact) mass is 244 g/mol. The van der Waals surface area contributed by atoms with Gasteiger partial charge in [-0.05, 0) is 38.2 Å². The van der Waals surface area contributed by atoms with Crippen LogP contribution in [0.15, 0.2) is 18.2 Å². The van der Waals surface area contributed by atoms with E-state index >= 15 is 0 Å². The Morgan fingerprint density at radius 2 is 2.11 bits per heavy atom. The average Bonchev–Trinajstić information content (AvgIpc) is 2.72. The van der Waals surface area contributed by atoms with Crippen LogP contribution in [0.4, 0.5) is 11.4 Å². The van der Waals surface area contributed by atoms with E-state index in [0.717, 1.165) is 24.5 Å². The molecule has 0 amide bonds. The Hall–Kier alpha value is -1.73. The molecule has 4 heteroatoms. The molecule has 0 aliphatic carbocycles. The highest BCUT2D eigenvalue weighted by Gasteiger charge is 2.31. The van der Waals surface area contributed by atoms with Gasteiger partial charge >= 0.3 is 0 Å². The van der Waals surface area contributed by atoms with E-state index in [1.165, 1.54) is 0 Å². The first-order valence-electron chi connectivity index (χ1n) is 6.24. The van der Waals surface area contributed by atoms with Crippen molar-refractivity contribution >= 4 is 11.4 Å². The second-order valence-corrected chi connectivity index (χ2v) is 5.30. The summed E-state index contributed by atoms with van der Waals surface area (Å²) >= 11 is 0. The third kappa shape index (κ3) is 2.27. The Bertz CT molecular complexity index is 475. The standard InChI is InChI=1S/C14H20N4/c1-10-8-18(9-14(10)17(2)3)13-6-11(7-15)4-5-12(13)16/h4-6,10,14H,8-9,16H2,1-3H3. The van der Waals surface area contributed by atoms with Crippen LogP contribution in [0.3, 0.4) is 0 Å². The topological polar surface area (TPSA) is 56.3 Å². The molecule has 1 saturated heterocycles. The van der Waals surface area contributed by atoms with Crippen LogP contribution in [0, 0.1) is 17.2 Å². The van der Waals surface area contributed by atoms with Crippen LogP contribution in [-0.2, 0) is 0 Å². The molecule has 0 radical (unpaired) electrons. The number of anilines is 2. The molecule has 1 fully saturated rings. The molecule has 1 heterocycles. The molecular weight excluding hydrogens is 224 g/mol. The molecule has 2 atom stereocenters. The predicted octanol–water partition coefficient (Wildman–Crippen LogP) is 1.53. The molecule has 18 heavy (non-hydrogen) atoms. The average molecular weight is 244 g/mol. The van der Waals surface area contributed by atoms with E-state index in [4.69, 9.17) is 11.0 Å². The van der Waals surface area contributed by atoms with Gasteiger partial charge in [0, 0.05) is 19.1 Å². The summed E-state index contributed by atoms with van der Waals surface area (Å²) in [6.45, 7) is 4.21. The second kappa shape index (κ2) is 4.87. The van der Waals surface area contributed by atoms with Gasteiger partial charge < -0.3 is 15.5 Å². The van der Waals surface area contributed by atoms with Crippen LogP contribution in [-0.4, -0.2) is 38.1 Å². The summed E-state index contributed by atoms with van der Waals surface area (Å²) in [5.74, 6) is 0.602. The van der Waals surface area contributed by atoms with Crippen molar-refractivity contribution in [3.63, 3.8) is 0 Å². The summed E-state index contributed by atoms with van der Waals surface area (Å²) in [4.78, 5) is 4.54. The van der Waals surface area contributed by atoms with E-state index in [0.29, 0.717) is 17.5 Å². The zero-order valence-corrected chi connectivity index (χ0v) is 11.2. The quantitative estimate of drug-likeness (QED) is 0.802. The Kier molecular flexibility index (Phi) is 3.44. The van der Waals surface area contributed by atoms with Gasteiger partial charge in [0.2, 0.25) is 0 Å². The third-order valence-electron chi connectivity index (χ3n) is 3.74. The van der Waals surface area contributed by atoms with Crippen LogP contribution in [0.25, 0.3) is 0 Å². The molecule has 0 saturated carbocycles. The molecule has 0 aromatic heterocycles. The van der Waals surface area contributed by atoms with E-state index < -0.39 is 0 Å². The molecule has 0 bridgehead atoms. The van der Waals surface area contributed by atoms with Gasteiger partial charge in [0.1, 0.15) is 0 Å². The van der Waals surface area contributed by atoms with Crippen LogP contribution in [0.5, 0.6) is 0 Å². The number of nitrogens with two attached hydrogens (primary N) is 1. The van der Waals surface area contributed by atoms with Gasteiger partial charge in [-0.2, -0.15) is 5.26 Å². The zero-order valence-electron chi connectivity index (χ0n) is 11.2. The highest BCUT2D eigenvalue weighted by molar-refractivity contribution is 5.70. The van der Waals surface area contributed by atoms with E-state index in [-0.39, 0.29) is 0 Å². The minimum absolute atomic E-state index is 0.537. The Labute approximate surface area is 109 Å². The Morgan fingerprint density at radius 3 is 2.67 bits per heavy atom. The maximum Gasteiger partial charge on any atom is 0.0992 e. The van der Waals surface area contributed by atoms with Crippen LogP contribution in [0.2, 0.25) is 0 Å². The Balaban J connectivity index is 2.26. The zero-order chi connectivity index (χ0) is 13.3. The maximum absolute atomic E-state index is 8.97. The van der Waals surface area contributed by atoms with E-state index in [9.17, 15) is 0 Å². The molecule has 1 aromatic carbocycles. The summed E-state index contributed by atoms with van der Waals surface area (Å²) in [6, 6.07) is 8.18. The maximum atomic E-state index is 8.97. The largest absolute Gasteiger partial charge is 0.397 e. The summed E-state index contributed by atoms with van der Waals surface area (Å²) in [5.41, 5.74) is 8.43. The van der Waals surface area contributed by atoms with Gasteiger partial charge in [0.25, 0.3) is 0 Å². The van der Waals surface area contributed by atoms with Crippen molar-refractivity contribution in [2.24, 2.45) is 5.92 Å². The summed E-state index contributed by atoms with van der Waals surface area (Å²) < 4.78 is 0. The molecule has 1 aliphatic rings. The van der Waals surface area contributed by atoms with E-state index in [1.54, 1.807) is 6.07 Å². The summed E-state index contributed by atoms with van der Waals surface area (Å²) in [6.07, 6.45) is 0. The van der Waals surface area contributed by atoms with E-state index in [2.05, 4.69) is 36.9 Å². The number of hydrogen-bond donors (Lipinski definition) is 1. The molecular formula is C14H20N4. The van der Waals surface area contributed by atoms with Gasteiger partial charge in [-0.3, -0.25) is 0 Å². The fourth-order valence-corrected chi connectivity index (χ4v) is 2.71. The van der Waals surface area contributed by atoms with Crippen molar-refractivity contribution in [3.8, 4) is 6.07 Å². The first-order valence-corrected chi connectivity index (χ1v) is 6.24. The molecule has 4 nitrogen and oxygen atoms in total. The molecule has 1 aliphatic heterocycles. The van der Waals surface area contributed by atoms with Crippen molar-refractivity contribution in [1.82, 2.24) is 4.90 Å². The predicted molar refractivity (Wildman–Crippen MR) is 74.4 cm³/mol. The van der Waals surface area contributed by atoms with Gasteiger partial charge in [0.05, 0.1) is 23.0 Å². The summed E-state index contributed by atoms with van der Waals surface area (Å²) in [5, 5.41) is 8.97. The lowest BCUT2D eigenvalue weighted by molar-refractivity contribution is 0.266. The normalized spacial score (nSPS) is 23.4. The molecule has 96 valence electrons. The minimum atomic E-state index is 0.537. The lowest BCUT2D eigenvalue weighted by Gasteiger charge is -2.23. The van der Waals surface area contributed by atoms with Crippen LogP contribution >= 0.6 is 0 Å².